The summed E-state index contributed by atoms with van der Waals surface area (Å²) < 4.78 is 0. The van der Waals surface area contributed by atoms with Gasteiger partial charge in [-0.3, -0.25) is 4.79 Å². The standard InChI is InChI=1S/C12H20ClN5O/c1-7(10(19)18-12(2,3)4)16-9-8(13)6-15-11(14-5)17-9/h6-7H,1-5H3,(H,18,19)(H2,14,15,16,17). The molecule has 0 saturated heterocycles. The summed E-state index contributed by atoms with van der Waals surface area (Å²) in [5, 5.41) is 9.04. The van der Waals surface area contributed by atoms with Crippen molar-refractivity contribution < 1.29 is 4.79 Å². The fraction of sp³-hybridized carbons (Fsp3) is 0.583. The van der Waals surface area contributed by atoms with Crippen molar-refractivity contribution in [3.05, 3.63) is 11.2 Å². The van der Waals surface area contributed by atoms with Gasteiger partial charge in [0.25, 0.3) is 0 Å². The molecule has 0 bridgehead atoms. The maximum atomic E-state index is 12.0. The van der Waals surface area contributed by atoms with Crippen molar-refractivity contribution >= 4 is 29.3 Å². The minimum absolute atomic E-state index is 0.117. The molecular formula is C12H20ClN5O. The lowest BCUT2D eigenvalue weighted by molar-refractivity contribution is -0.122. The van der Waals surface area contributed by atoms with Crippen LogP contribution in [-0.4, -0.2) is 34.5 Å². The van der Waals surface area contributed by atoms with E-state index in [1.165, 1.54) is 6.20 Å². The Morgan fingerprint density at radius 1 is 1.42 bits per heavy atom. The number of nitrogens with zero attached hydrogens (tertiary/aromatic N) is 2. The van der Waals surface area contributed by atoms with Crippen molar-refractivity contribution in [3.8, 4) is 0 Å². The first-order chi connectivity index (χ1) is 8.73. The van der Waals surface area contributed by atoms with E-state index >= 15 is 0 Å². The van der Waals surface area contributed by atoms with Crippen LogP contribution in [0.1, 0.15) is 27.7 Å². The highest BCUT2D eigenvalue weighted by molar-refractivity contribution is 6.32. The highest BCUT2D eigenvalue weighted by Crippen LogP contribution is 2.20. The predicted octanol–water partition coefficient (Wildman–Crippen LogP) is 1.89. The summed E-state index contributed by atoms with van der Waals surface area (Å²) in [5.41, 5.74) is -0.279. The average Bonchev–Trinajstić information content (AvgIpc) is 2.29. The van der Waals surface area contributed by atoms with Gasteiger partial charge in [-0.25, -0.2) is 4.98 Å². The van der Waals surface area contributed by atoms with E-state index in [9.17, 15) is 4.79 Å². The molecular weight excluding hydrogens is 266 g/mol. The molecule has 1 atom stereocenters. The lowest BCUT2D eigenvalue weighted by Crippen LogP contribution is -2.47. The summed E-state index contributed by atoms with van der Waals surface area (Å²) in [6.45, 7) is 7.52. The molecule has 1 aromatic rings. The van der Waals surface area contributed by atoms with Gasteiger partial charge in [-0.05, 0) is 27.7 Å². The van der Waals surface area contributed by atoms with Crippen LogP contribution in [0.2, 0.25) is 5.02 Å². The fourth-order valence-corrected chi connectivity index (χ4v) is 1.48. The van der Waals surface area contributed by atoms with Gasteiger partial charge in [0.05, 0.1) is 6.20 Å². The quantitative estimate of drug-likeness (QED) is 0.787. The van der Waals surface area contributed by atoms with E-state index in [0.717, 1.165) is 0 Å². The number of halogens is 1. The maximum absolute atomic E-state index is 12.0. The lowest BCUT2D eigenvalue weighted by Gasteiger charge is -2.24. The Balaban J connectivity index is 2.76. The largest absolute Gasteiger partial charge is 0.357 e. The van der Waals surface area contributed by atoms with Crippen molar-refractivity contribution in [3.63, 3.8) is 0 Å². The van der Waals surface area contributed by atoms with Gasteiger partial charge in [-0.2, -0.15) is 4.98 Å². The SMILES string of the molecule is CNc1ncc(Cl)c(NC(C)C(=O)NC(C)(C)C)n1. The average molecular weight is 286 g/mol. The summed E-state index contributed by atoms with van der Waals surface area (Å²) in [7, 11) is 1.71. The van der Waals surface area contributed by atoms with Gasteiger partial charge in [0.2, 0.25) is 11.9 Å². The molecule has 7 heteroatoms. The summed E-state index contributed by atoms with van der Waals surface area (Å²) in [6, 6.07) is -0.448. The molecule has 1 aromatic heterocycles. The first-order valence-corrected chi connectivity index (χ1v) is 6.39. The van der Waals surface area contributed by atoms with Crippen LogP contribution >= 0.6 is 11.6 Å². The lowest BCUT2D eigenvalue weighted by atomic mass is 10.1. The molecule has 0 aromatic carbocycles. The van der Waals surface area contributed by atoms with Gasteiger partial charge in [-0.1, -0.05) is 11.6 Å². The third-order valence-corrected chi connectivity index (χ3v) is 2.49. The third-order valence-electron chi connectivity index (χ3n) is 2.21. The summed E-state index contributed by atoms with van der Waals surface area (Å²) in [5.74, 6) is 0.751. The van der Waals surface area contributed by atoms with Gasteiger partial charge >= 0.3 is 0 Å². The topological polar surface area (TPSA) is 78.9 Å². The molecule has 0 fully saturated rings. The number of hydrogen-bond acceptors (Lipinski definition) is 5. The van der Waals surface area contributed by atoms with E-state index in [1.54, 1.807) is 14.0 Å². The van der Waals surface area contributed by atoms with Crippen LogP contribution in [0.15, 0.2) is 6.20 Å². The molecule has 1 unspecified atom stereocenters. The minimum atomic E-state index is -0.448. The zero-order valence-electron chi connectivity index (χ0n) is 11.8. The molecule has 3 N–H and O–H groups in total. The molecule has 0 aliphatic rings. The summed E-state index contributed by atoms with van der Waals surface area (Å²) in [6.07, 6.45) is 1.48. The van der Waals surface area contributed by atoms with Crippen LogP contribution in [0.25, 0.3) is 0 Å². The summed E-state index contributed by atoms with van der Waals surface area (Å²) in [4.78, 5) is 20.1. The second kappa shape index (κ2) is 6.06. The number of hydrogen-bond donors (Lipinski definition) is 3. The highest BCUT2D eigenvalue weighted by Gasteiger charge is 2.20. The Hall–Kier alpha value is -1.56. The Labute approximate surface area is 118 Å². The molecule has 1 rings (SSSR count). The molecule has 106 valence electrons. The summed E-state index contributed by atoms with van der Waals surface area (Å²) >= 11 is 5.99. The van der Waals surface area contributed by atoms with E-state index in [1.807, 2.05) is 20.8 Å². The third kappa shape index (κ3) is 4.90. The maximum Gasteiger partial charge on any atom is 0.242 e. The molecule has 1 heterocycles. The molecule has 0 aliphatic heterocycles. The molecule has 0 saturated carbocycles. The van der Waals surface area contributed by atoms with Crippen LogP contribution < -0.4 is 16.0 Å². The first kappa shape index (κ1) is 15.5. The number of amides is 1. The van der Waals surface area contributed by atoms with Crippen LogP contribution in [-0.2, 0) is 4.79 Å². The van der Waals surface area contributed by atoms with Crippen LogP contribution in [0, 0.1) is 0 Å². The van der Waals surface area contributed by atoms with E-state index in [0.29, 0.717) is 16.8 Å². The second-order valence-corrected chi connectivity index (χ2v) is 5.65. The molecule has 19 heavy (non-hydrogen) atoms. The zero-order valence-corrected chi connectivity index (χ0v) is 12.6. The highest BCUT2D eigenvalue weighted by atomic mass is 35.5. The second-order valence-electron chi connectivity index (χ2n) is 5.25. The van der Waals surface area contributed by atoms with E-state index in [-0.39, 0.29) is 11.4 Å². The van der Waals surface area contributed by atoms with Crippen LogP contribution in [0.5, 0.6) is 0 Å². The number of nitrogens with one attached hydrogen (secondary N) is 3. The van der Waals surface area contributed by atoms with Gasteiger partial charge in [0, 0.05) is 12.6 Å². The molecule has 6 nitrogen and oxygen atoms in total. The molecule has 0 aliphatic carbocycles. The van der Waals surface area contributed by atoms with Gasteiger partial charge in [0.1, 0.15) is 11.1 Å². The molecule has 0 radical (unpaired) electrons. The Morgan fingerprint density at radius 3 is 2.58 bits per heavy atom. The van der Waals surface area contributed by atoms with E-state index in [2.05, 4.69) is 25.9 Å². The van der Waals surface area contributed by atoms with Crippen LogP contribution in [0.3, 0.4) is 0 Å². The zero-order chi connectivity index (χ0) is 14.6. The Bertz CT molecular complexity index is 458. The predicted molar refractivity (Wildman–Crippen MR) is 77.6 cm³/mol. The monoisotopic (exact) mass is 285 g/mol. The number of carbonyl (C=O) groups is 1. The number of aromatic nitrogens is 2. The Morgan fingerprint density at radius 2 is 2.05 bits per heavy atom. The fourth-order valence-electron chi connectivity index (χ4n) is 1.34. The van der Waals surface area contributed by atoms with Crippen molar-refractivity contribution in [2.45, 2.75) is 39.3 Å². The number of anilines is 2. The van der Waals surface area contributed by atoms with Crippen molar-refractivity contribution in [2.75, 3.05) is 17.7 Å². The van der Waals surface area contributed by atoms with Crippen LogP contribution in [0.4, 0.5) is 11.8 Å². The smallest absolute Gasteiger partial charge is 0.242 e. The van der Waals surface area contributed by atoms with Gasteiger partial charge in [-0.15, -0.1) is 0 Å². The Kier molecular flexibility index (Phi) is 4.94. The molecule has 0 spiro atoms. The van der Waals surface area contributed by atoms with Crippen molar-refractivity contribution in [1.29, 1.82) is 0 Å². The normalized spacial score (nSPS) is 12.7. The van der Waals surface area contributed by atoms with Gasteiger partial charge in [0.15, 0.2) is 5.82 Å². The first-order valence-electron chi connectivity index (χ1n) is 6.02. The number of carbonyl (C=O) groups excluding carboxylic acids is 1. The van der Waals surface area contributed by atoms with E-state index in [4.69, 9.17) is 11.6 Å². The van der Waals surface area contributed by atoms with Gasteiger partial charge < -0.3 is 16.0 Å². The van der Waals surface area contributed by atoms with Crippen molar-refractivity contribution in [1.82, 2.24) is 15.3 Å². The van der Waals surface area contributed by atoms with Crippen molar-refractivity contribution in [2.24, 2.45) is 0 Å². The number of rotatable bonds is 4. The minimum Gasteiger partial charge on any atom is -0.357 e. The molecule has 1 amide bonds. The van der Waals surface area contributed by atoms with E-state index < -0.39 is 6.04 Å².